The molecule has 0 radical (unpaired) electrons. The minimum atomic E-state index is -4.65. The Labute approximate surface area is 202 Å². The number of aliphatic carboxylic acids is 1. The number of aromatic nitrogens is 1. The third-order valence-corrected chi connectivity index (χ3v) is 5.64. The first kappa shape index (κ1) is 25.9. The molecule has 0 aliphatic rings. The summed E-state index contributed by atoms with van der Waals surface area (Å²) in [6, 6.07) is 16.6. The zero-order chi connectivity index (χ0) is 25.6. The maximum Gasteiger partial charge on any atom is 0.416 e. The molecule has 3 rings (SSSR count). The second kappa shape index (κ2) is 11.2. The number of halogens is 3. The third kappa shape index (κ3) is 7.15. The number of carboxylic acids is 1. The molecule has 0 aliphatic heterocycles. The van der Waals surface area contributed by atoms with Gasteiger partial charge in [0.1, 0.15) is 0 Å². The fraction of sp³-hybridized carbons (Fsp3) is 0.296. The van der Waals surface area contributed by atoms with Crippen LogP contribution in [0.25, 0.3) is 11.3 Å². The number of rotatable bonds is 9. The highest BCUT2D eigenvalue weighted by Crippen LogP contribution is 2.34. The topological polar surface area (TPSA) is 70.5 Å². The van der Waals surface area contributed by atoms with Crippen LogP contribution in [-0.4, -0.2) is 33.4 Å². The van der Waals surface area contributed by atoms with Crippen LogP contribution >= 0.6 is 0 Å². The number of hydrogen-bond acceptors (Lipinski definition) is 3. The van der Waals surface area contributed by atoms with Crippen molar-refractivity contribution in [2.45, 2.75) is 45.8 Å². The SMILES string of the molecule is CCN(Cc1cc(C)ccc1-c1cc(C(F)(F)F)cc(CC(=O)O)n1)C(=O)CCc1ccccc1. The van der Waals surface area contributed by atoms with Crippen LogP contribution in [0.3, 0.4) is 0 Å². The molecule has 1 aromatic heterocycles. The zero-order valence-corrected chi connectivity index (χ0v) is 19.6. The molecule has 0 saturated heterocycles. The highest BCUT2D eigenvalue weighted by molar-refractivity contribution is 5.77. The van der Waals surface area contributed by atoms with Crippen LogP contribution in [0.4, 0.5) is 13.2 Å². The molecule has 3 aromatic rings. The third-order valence-electron chi connectivity index (χ3n) is 5.64. The Bertz CT molecular complexity index is 1190. The lowest BCUT2D eigenvalue weighted by Crippen LogP contribution is -2.30. The van der Waals surface area contributed by atoms with Gasteiger partial charge in [0.2, 0.25) is 5.91 Å². The lowest BCUT2D eigenvalue weighted by Gasteiger charge is -2.23. The van der Waals surface area contributed by atoms with Crippen LogP contribution < -0.4 is 0 Å². The second-order valence-corrected chi connectivity index (χ2v) is 8.35. The highest BCUT2D eigenvalue weighted by Gasteiger charge is 2.32. The molecule has 0 spiro atoms. The van der Waals surface area contributed by atoms with E-state index in [9.17, 15) is 22.8 Å². The van der Waals surface area contributed by atoms with Crippen molar-refractivity contribution >= 4 is 11.9 Å². The number of carboxylic acid groups (broad SMARTS) is 1. The largest absolute Gasteiger partial charge is 0.481 e. The maximum absolute atomic E-state index is 13.5. The van der Waals surface area contributed by atoms with Gasteiger partial charge in [-0.3, -0.25) is 14.6 Å². The number of nitrogens with zero attached hydrogens (tertiary/aromatic N) is 2. The first-order valence-corrected chi connectivity index (χ1v) is 11.3. The van der Waals surface area contributed by atoms with Gasteiger partial charge in [0, 0.05) is 25.1 Å². The summed E-state index contributed by atoms with van der Waals surface area (Å²) in [5, 5.41) is 9.09. The smallest absolute Gasteiger partial charge is 0.416 e. The Kier molecular flexibility index (Phi) is 8.27. The van der Waals surface area contributed by atoms with Crippen LogP contribution in [0.15, 0.2) is 60.7 Å². The summed E-state index contributed by atoms with van der Waals surface area (Å²) in [7, 11) is 0. The van der Waals surface area contributed by atoms with Crippen molar-refractivity contribution in [3.63, 3.8) is 0 Å². The van der Waals surface area contributed by atoms with Crippen LogP contribution in [-0.2, 0) is 35.2 Å². The molecule has 8 heteroatoms. The molecule has 0 fully saturated rings. The number of alkyl halides is 3. The second-order valence-electron chi connectivity index (χ2n) is 8.35. The van der Waals surface area contributed by atoms with Crippen molar-refractivity contribution in [2.24, 2.45) is 0 Å². The quantitative estimate of drug-likeness (QED) is 0.424. The predicted octanol–water partition coefficient (Wildman–Crippen LogP) is 5.68. The van der Waals surface area contributed by atoms with E-state index in [-0.39, 0.29) is 23.8 Å². The zero-order valence-electron chi connectivity index (χ0n) is 19.6. The van der Waals surface area contributed by atoms with Crippen LogP contribution in [0.2, 0.25) is 0 Å². The number of benzene rings is 2. The van der Waals surface area contributed by atoms with E-state index in [0.29, 0.717) is 30.5 Å². The molecule has 1 amide bonds. The van der Waals surface area contributed by atoms with Crippen molar-refractivity contribution in [2.75, 3.05) is 6.54 Å². The summed E-state index contributed by atoms with van der Waals surface area (Å²) in [6.07, 6.45) is -4.38. The molecule has 0 atom stereocenters. The van der Waals surface area contributed by atoms with Gasteiger partial charge in [-0.05, 0) is 43.5 Å². The Morgan fingerprint density at radius 1 is 1.03 bits per heavy atom. The number of pyridine rings is 1. The van der Waals surface area contributed by atoms with Gasteiger partial charge in [0.15, 0.2) is 0 Å². The lowest BCUT2D eigenvalue weighted by molar-refractivity contribution is -0.138. The van der Waals surface area contributed by atoms with Gasteiger partial charge in [-0.1, -0.05) is 54.1 Å². The predicted molar refractivity (Wildman–Crippen MR) is 127 cm³/mol. The first-order chi connectivity index (χ1) is 16.6. The summed E-state index contributed by atoms with van der Waals surface area (Å²) in [6.45, 7) is 4.34. The summed E-state index contributed by atoms with van der Waals surface area (Å²) >= 11 is 0. The van der Waals surface area contributed by atoms with Gasteiger partial charge in [-0.25, -0.2) is 0 Å². The van der Waals surface area contributed by atoms with Crippen molar-refractivity contribution in [3.05, 3.63) is 88.6 Å². The number of aryl methyl sites for hydroxylation is 2. The molecule has 5 nitrogen and oxygen atoms in total. The number of carbonyl (C=O) groups is 2. The average Bonchev–Trinajstić information content (AvgIpc) is 2.80. The van der Waals surface area contributed by atoms with E-state index in [0.717, 1.165) is 23.3 Å². The molecule has 0 bridgehead atoms. The van der Waals surface area contributed by atoms with Gasteiger partial charge in [0.25, 0.3) is 0 Å². The fourth-order valence-electron chi connectivity index (χ4n) is 3.87. The standard InChI is InChI=1S/C27H27F3N2O3/c1-3-32(25(33)12-10-19-7-5-4-6-8-19)17-20-13-18(2)9-11-23(20)24-15-21(27(28,29)30)14-22(31-24)16-26(34)35/h4-9,11,13-15H,3,10,12,16-17H2,1-2H3,(H,34,35). The normalized spacial score (nSPS) is 11.3. The maximum atomic E-state index is 13.5. The van der Waals surface area contributed by atoms with E-state index in [1.165, 1.54) is 0 Å². The molecule has 1 N–H and O–H groups in total. The molecule has 35 heavy (non-hydrogen) atoms. The van der Waals surface area contributed by atoms with Crippen LogP contribution in [0.5, 0.6) is 0 Å². The minimum Gasteiger partial charge on any atom is -0.481 e. The van der Waals surface area contributed by atoms with E-state index < -0.39 is 24.1 Å². The van der Waals surface area contributed by atoms with E-state index in [4.69, 9.17) is 5.11 Å². The Hall–Kier alpha value is -3.68. The molecule has 0 unspecified atom stereocenters. The Morgan fingerprint density at radius 2 is 1.74 bits per heavy atom. The Morgan fingerprint density at radius 3 is 2.37 bits per heavy atom. The number of carbonyl (C=O) groups excluding carboxylic acids is 1. The van der Waals surface area contributed by atoms with Gasteiger partial charge in [0.05, 0.1) is 23.4 Å². The lowest BCUT2D eigenvalue weighted by atomic mass is 9.98. The summed E-state index contributed by atoms with van der Waals surface area (Å²) in [4.78, 5) is 30.0. The monoisotopic (exact) mass is 484 g/mol. The van der Waals surface area contributed by atoms with Crippen LogP contribution in [0, 0.1) is 6.92 Å². The molecular weight excluding hydrogens is 457 g/mol. The Balaban J connectivity index is 1.93. The minimum absolute atomic E-state index is 0.0267. The number of hydrogen-bond donors (Lipinski definition) is 1. The van der Waals surface area contributed by atoms with E-state index in [1.54, 1.807) is 17.0 Å². The summed E-state index contributed by atoms with van der Waals surface area (Å²) < 4.78 is 40.6. The molecule has 0 aliphatic carbocycles. The summed E-state index contributed by atoms with van der Waals surface area (Å²) in [5.74, 6) is -1.33. The summed E-state index contributed by atoms with van der Waals surface area (Å²) in [5.41, 5.74) is 1.90. The average molecular weight is 485 g/mol. The highest BCUT2D eigenvalue weighted by atomic mass is 19.4. The number of amides is 1. The van der Waals surface area contributed by atoms with E-state index in [1.807, 2.05) is 50.2 Å². The molecule has 0 saturated carbocycles. The van der Waals surface area contributed by atoms with Crippen molar-refractivity contribution in [1.82, 2.24) is 9.88 Å². The van der Waals surface area contributed by atoms with Gasteiger partial charge in [-0.2, -0.15) is 13.2 Å². The van der Waals surface area contributed by atoms with Gasteiger partial charge in [-0.15, -0.1) is 0 Å². The molecular formula is C27H27F3N2O3. The molecule has 2 aromatic carbocycles. The molecule has 1 heterocycles. The van der Waals surface area contributed by atoms with E-state index >= 15 is 0 Å². The van der Waals surface area contributed by atoms with Crippen molar-refractivity contribution < 1.29 is 27.9 Å². The van der Waals surface area contributed by atoms with Crippen molar-refractivity contribution in [3.8, 4) is 11.3 Å². The van der Waals surface area contributed by atoms with Gasteiger partial charge >= 0.3 is 12.1 Å². The van der Waals surface area contributed by atoms with Gasteiger partial charge < -0.3 is 10.0 Å². The molecule has 184 valence electrons. The van der Waals surface area contributed by atoms with Crippen molar-refractivity contribution in [1.29, 1.82) is 0 Å². The fourth-order valence-corrected chi connectivity index (χ4v) is 3.87. The van der Waals surface area contributed by atoms with E-state index in [2.05, 4.69) is 4.98 Å². The first-order valence-electron chi connectivity index (χ1n) is 11.3. The van der Waals surface area contributed by atoms with Crippen LogP contribution in [0.1, 0.15) is 41.3 Å².